The van der Waals surface area contributed by atoms with Gasteiger partial charge >= 0.3 is 17.9 Å². The molecule has 3 amide bonds. The van der Waals surface area contributed by atoms with Gasteiger partial charge in [0.05, 0.1) is 5.69 Å². The average molecular weight is 900 g/mol. The van der Waals surface area contributed by atoms with Crippen LogP contribution in [0.25, 0.3) is 0 Å². The number of amides is 3. The molecule has 2 aliphatic heterocycles. The lowest BCUT2D eigenvalue weighted by atomic mass is 9.97. The molecule has 7 rings (SSSR count). The predicted molar refractivity (Wildman–Crippen MR) is 224 cm³/mol. The largest absolute Gasteiger partial charge is 0.448 e. The second-order valence-electron chi connectivity index (χ2n) is 13.6. The second-order valence-corrected chi connectivity index (χ2v) is 16.5. The number of fused-ring (bicyclic) bond motifs is 1. The first-order valence-electron chi connectivity index (χ1n) is 18.5. The second kappa shape index (κ2) is 18.6. The molecule has 0 aliphatic carbocycles. The Bertz CT molecular complexity index is 2530. The van der Waals surface area contributed by atoms with Gasteiger partial charge in [0.15, 0.2) is 28.8 Å². The van der Waals surface area contributed by atoms with Gasteiger partial charge in [0, 0.05) is 50.5 Å². The number of benzene rings is 3. The van der Waals surface area contributed by atoms with Gasteiger partial charge in [0.25, 0.3) is 23.4 Å². The highest BCUT2D eigenvalue weighted by molar-refractivity contribution is 8.01. The van der Waals surface area contributed by atoms with Gasteiger partial charge in [-0.05, 0) is 45.3 Å². The van der Waals surface area contributed by atoms with Crippen LogP contribution in [0.5, 0.6) is 11.5 Å². The molecule has 19 nitrogen and oxygen atoms in total. The molecule has 0 bridgehead atoms. The van der Waals surface area contributed by atoms with Crippen molar-refractivity contribution in [2.24, 2.45) is 7.05 Å². The van der Waals surface area contributed by atoms with Crippen LogP contribution in [0.4, 0.5) is 5.13 Å². The Labute approximate surface area is 365 Å². The molecule has 3 aromatic carbocycles. The topological polar surface area (TPSA) is 249 Å². The van der Waals surface area contributed by atoms with Crippen molar-refractivity contribution >= 4 is 75.6 Å². The van der Waals surface area contributed by atoms with Gasteiger partial charge in [-0.15, -0.1) is 28.2 Å². The highest BCUT2D eigenvalue weighted by atomic mass is 32.2. The predicted octanol–water partition coefficient (Wildman–Crippen LogP) is 3.32. The molecule has 1 saturated heterocycles. The number of ether oxygens (including phenoxy) is 4. The zero-order valence-electron chi connectivity index (χ0n) is 33.3. The number of rotatable bonds is 15. The number of nitrogens with two attached hydrogens (primary N) is 1. The van der Waals surface area contributed by atoms with Gasteiger partial charge in [0.2, 0.25) is 5.16 Å². The number of methoxy groups -OCH3 is 1. The maximum atomic E-state index is 14.6. The highest BCUT2D eigenvalue weighted by Gasteiger charge is 2.67. The Morgan fingerprint density at radius 2 is 1.63 bits per heavy atom. The van der Waals surface area contributed by atoms with Crippen LogP contribution >= 0.6 is 34.9 Å². The molecule has 4 N–H and O–H groups in total. The van der Waals surface area contributed by atoms with E-state index in [-0.39, 0.29) is 45.1 Å². The summed E-state index contributed by atoms with van der Waals surface area (Å²) in [4.78, 5) is 86.2. The van der Waals surface area contributed by atoms with E-state index in [1.165, 1.54) is 57.7 Å². The standard InChI is InChI=1S/C40H37N9O10S3/c1-21(50)57-28-16-15-25(17-29(28)58-22(2)51)33(52)43-30(27-20-61-38(41)42-27)34(53)44-40(56-4)36(55)49-31(26(18-60-37(40)49)19-62-39-45-46-47-48(39)3)35(54)59-32(23-11-7-5-8-12-23)24-13-9-6-10-14-24/h5-17,20,30,32,37H,18-19H2,1-4H3,(H2,41,42)(H,43,52)(H,44,53)/t30?,37-,40-/m0/s1. The minimum Gasteiger partial charge on any atom is -0.448 e. The van der Waals surface area contributed by atoms with Crippen LogP contribution in [0, 0.1) is 0 Å². The monoisotopic (exact) mass is 899 g/mol. The van der Waals surface area contributed by atoms with Crippen molar-refractivity contribution < 1.29 is 47.7 Å². The summed E-state index contributed by atoms with van der Waals surface area (Å²) in [6.45, 7) is 2.28. The van der Waals surface area contributed by atoms with E-state index in [1.807, 2.05) is 60.7 Å². The van der Waals surface area contributed by atoms with E-state index in [1.54, 1.807) is 7.05 Å². The van der Waals surface area contributed by atoms with Gasteiger partial charge in [-0.1, -0.05) is 72.4 Å². The number of carbonyl (C=O) groups is 6. The normalized spacial score (nSPS) is 17.4. The number of thioether (sulfide) groups is 2. The molecule has 0 saturated carbocycles. The van der Waals surface area contributed by atoms with Crippen molar-refractivity contribution in [1.29, 1.82) is 0 Å². The van der Waals surface area contributed by atoms with Crippen molar-refractivity contribution in [2.75, 3.05) is 24.3 Å². The first-order chi connectivity index (χ1) is 29.8. The maximum absolute atomic E-state index is 14.6. The number of carbonyl (C=O) groups excluding carboxylic acids is 6. The van der Waals surface area contributed by atoms with Crippen molar-refractivity contribution in [1.82, 2.24) is 40.7 Å². The summed E-state index contributed by atoms with van der Waals surface area (Å²) in [6.07, 6.45) is -0.844. The fourth-order valence-electron chi connectivity index (χ4n) is 6.58. The summed E-state index contributed by atoms with van der Waals surface area (Å²) in [5.74, 6) is -4.70. The van der Waals surface area contributed by atoms with Crippen LogP contribution in [0.1, 0.15) is 53.2 Å². The van der Waals surface area contributed by atoms with Crippen molar-refractivity contribution in [3.63, 3.8) is 0 Å². The summed E-state index contributed by atoms with van der Waals surface area (Å²) in [5, 5.41) is 17.9. The number of esters is 3. The number of aromatic nitrogens is 5. The lowest BCUT2D eigenvalue weighted by molar-refractivity contribution is -0.193. The molecule has 4 heterocycles. The Hall–Kier alpha value is -6.62. The molecule has 2 aromatic heterocycles. The Balaban J connectivity index is 1.19. The lowest BCUT2D eigenvalue weighted by Gasteiger charge is -2.56. The van der Waals surface area contributed by atoms with Gasteiger partial charge in [0.1, 0.15) is 11.1 Å². The number of anilines is 1. The third-order valence-electron chi connectivity index (χ3n) is 9.41. The highest BCUT2D eigenvalue weighted by Crippen LogP contribution is 2.48. The zero-order valence-corrected chi connectivity index (χ0v) is 35.7. The van der Waals surface area contributed by atoms with E-state index >= 15 is 0 Å². The number of nitrogens with zero attached hydrogens (tertiary/aromatic N) is 6. The average Bonchev–Trinajstić information content (AvgIpc) is 3.89. The molecule has 0 spiro atoms. The SMILES string of the molecule is CO[C@@]1(NC(=O)C(NC(=O)c2ccc(OC(C)=O)c(OC(C)=O)c2)c2csc(N)n2)C(=O)N2C(C(=O)OC(c3ccccc3)c3ccccc3)=C(CSc3nnnn3C)CS[C@H]21. The van der Waals surface area contributed by atoms with E-state index in [0.717, 1.165) is 31.3 Å². The zero-order chi connectivity index (χ0) is 44.1. The molecule has 5 aromatic rings. The van der Waals surface area contributed by atoms with Gasteiger partial charge in [-0.25, -0.2) is 14.5 Å². The molecule has 62 heavy (non-hydrogen) atoms. The van der Waals surface area contributed by atoms with Crippen LogP contribution in [0.15, 0.2) is 101 Å². The van der Waals surface area contributed by atoms with Crippen molar-refractivity contribution in [3.8, 4) is 11.5 Å². The molecule has 0 radical (unpaired) electrons. The summed E-state index contributed by atoms with van der Waals surface area (Å²) in [6, 6.07) is 20.5. The maximum Gasteiger partial charge on any atom is 0.356 e. The smallest absolute Gasteiger partial charge is 0.356 e. The number of hydrogen-bond donors (Lipinski definition) is 3. The number of nitrogen functional groups attached to an aromatic ring is 1. The third kappa shape index (κ3) is 9.03. The van der Waals surface area contributed by atoms with Gasteiger partial charge in [-0.3, -0.25) is 28.9 Å². The van der Waals surface area contributed by atoms with Crippen LogP contribution in [-0.2, 0) is 40.5 Å². The molecule has 22 heteroatoms. The third-order valence-corrected chi connectivity index (χ3v) is 12.6. The number of tetrazole rings is 1. The minimum atomic E-state index is -2.03. The fourth-order valence-corrected chi connectivity index (χ4v) is 9.60. The van der Waals surface area contributed by atoms with E-state index in [9.17, 15) is 28.8 Å². The number of hydrogen-bond acceptors (Lipinski definition) is 18. The fraction of sp³-hybridized carbons (Fsp3) is 0.250. The Morgan fingerprint density at radius 3 is 2.21 bits per heavy atom. The van der Waals surface area contributed by atoms with Gasteiger partial charge in [-0.2, -0.15) is 0 Å². The van der Waals surface area contributed by atoms with E-state index in [0.29, 0.717) is 21.9 Å². The summed E-state index contributed by atoms with van der Waals surface area (Å²) < 4.78 is 23.9. The van der Waals surface area contributed by atoms with Crippen molar-refractivity contribution in [2.45, 2.75) is 42.2 Å². The summed E-state index contributed by atoms with van der Waals surface area (Å²) in [7, 11) is 2.91. The molecular weight excluding hydrogens is 863 g/mol. The number of thiazole rings is 1. The van der Waals surface area contributed by atoms with Crippen LogP contribution in [0.3, 0.4) is 0 Å². The number of aryl methyl sites for hydroxylation is 1. The first-order valence-corrected chi connectivity index (χ1v) is 21.4. The van der Waals surface area contributed by atoms with Gasteiger partial charge < -0.3 is 35.3 Å². The molecule has 2 aliphatic rings. The molecule has 320 valence electrons. The Morgan fingerprint density at radius 1 is 0.968 bits per heavy atom. The molecule has 1 unspecified atom stereocenters. The van der Waals surface area contributed by atoms with E-state index < -0.39 is 58.9 Å². The molecular formula is C40H37N9O10S3. The minimum absolute atomic E-state index is 0.0296. The van der Waals surface area contributed by atoms with Crippen LogP contribution < -0.4 is 25.8 Å². The number of nitrogens with one attached hydrogen (secondary N) is 2. The Kier molecular flexibility index (Phi) is 13.0. The summed E-state index contributed by atoms with van der Waals surface area (Å²) in [5.41, 5.74) is 5.76. The molecule has 3 atom stereocenters. The quantitative estimate of drug-likeness (QED) is 0.0448. The lowest BCUT2D eigenvalue weighted by Crippen LogP contribution is -2.81. The summed E-state index contributed by atoms with van der Waals surface area (Å²) >= 11 is 3.50. The molecule has 1 fully saturated rings. The van der Waals surface area contributed by atoms with E-state index in [4.69, 9.17) is 24.7 Å². The van der Waals surface area contributed by atoms with Crippen molar-refractivity contribution in [3.05, 3.63) is 118 Å². The van der Waals surface area contributed by atoms with Crippen LogP contribution in [-0.4, -0.2) is 95.4 Å². The first kappa shape index (κ1) is 43.5. The van der Waals surface area contributed by atoms with Crippen LogP contribution in [0.2, 0.25) is 0 Å². The number of β-lactam (4-membered cyclic amide) rings is 1. The van der Waals surface area contributed by atoms with E-state index in [2.05, 4.69) is 31.1 Å².